The van der Waals surface area contributed by atoms with E-state index in [4.69, 9.17) is 15.6 Å². The summed E-state index contributed by atoms with van der Waals surface area (Å²) in [5.74, 6) is 0.409. The van der Waals surface area contributed by atoms with Gasteiger partial charge in [0.15, 0.2) is 29.8 Å². The first kappa shape index (κ1) is 18.0. The Labute approximate surface area is 167 Å². The van der Waals surface area contributed by atoms with E-state index < -0.39 is 30.4 Å². The van der Waals surface area contributed by atoms with E-state index in [2.05, 4.69) is 20.3 Å². The smallest absolute Gasteiger partial charge is 0.263 e. The van der Waals surface area contributed by atoms with Gasteiger partial charge in [0.25, 0.3) is 5.91 Å². The van der Waals surface area contributed by atoms with Crippen LogP contribution in [-0.4, -0.2) is 62.6 Å². The number of rotatable bonds is 6. The third-order valence-corrected chi connectivity index (χ3v) is 4.59. The molecule has 4 atom stereocenters. The lowest BCUT2D eigenvalue weighted by Crippen LogP contribution is -2.32. The lowest BCUT2D eigenvalue weighted by molar-refractivity contribution is -0.118. The summed E-state index contributed by atoms with van der Waals surface area (Å²) in [6.45, 7) is -0.299. The Balaban J connectivity index is 1.53. The molecule has 1 aromatic carbocycles. The predicted octanol–water partition coefficient (Wildman–Crippen LogP) is 1.14. The third kappa shape index (κ3) is 3.77. The summed E-state index contributed by atoms with van der Waals surface area (Å²) in [5.41, 5.74) is 0.752. The normalized spacial score (nSPS) is 24.4. The molecule has 0 radical (unpaired) electrons. The van der Waals surface area contributed by atoms with Crippen LogP contribution in [0.2, 0.25) is 0 Å². The van der Waals surface area contributed by atoms with Gasteiger partial charge in [0.05, 0.1) is 12.4 Å². The quantitative estimate of drug-likeness (QED) is 0.632. The molecule has 0 saturated carbocycles. The molecule has 10 nitrogen and oxygen atoms in total. The number of methoxy groups -OCH3 is 1. The highest BCUT2D eigenvalue weighted by molar-refractivity contribution is 5.97. The highest BCUT2D eigenvalue weighted by atomic mass is 16.6. The maximum absolute atomic E-state index is 12.3. The third-order valence-electron chi connectivity index (χ3n) is 4.59. The summed E-state index contributed by atoms with van der Waals surface area (Å²) in [6.07, 6.45) is -0.274. The predicted molar refractivity (Wildman–Crippen MR) is 102 cm³/mol. The van der Waals surface area contributed by atoms with Crippen LogP contribution < -0.4 is 10.1 Å². The molecule has 1 aliphatic rings. The number of hydrogen-bond donors (Lipinski definition) is 2. The number of aliphatic hydroxyl groups excluding tert-OH is 1. The molecule has 2 N–H and O–H groups in total. The van der Waals surface area contributed by atoms with Crippen LogP contribution in [0.25, 0.3) is 11.2 Å². The molecule has 0 spiro atoms. The van der Waals surface area contributed by atoms with Crippen LogP contribution in [0.1, 0.15) is 14.5 Å². The Hall–Kier alpha value is -3.08. The zero-order valence-corrected chi connectivity index (χ0v) is 15.6. The Kier molecular flexibility index (Phi) is 5.03. The number of para-hydroxylation sites is 1. The van der Waals surface area contributed by atoms with Crippen LogP contribution in [0.5, 0.6) is 5.75 Å². The first-order valence-corrected chi connectivity index (χ1v) is 8.93. The van der Waals surface area contributed by atoms with E-state index in [0.717, 1.165) is 0 Å². The van der Waals surface area contributed by atoms with Crippen LogP contribution >= 0.6 is 0 Å². The number of fused-ring (bicyclic) bond motifs is 1. The van der Waals surface area contributed by atoms with Crippen molar-refractivity contribution in [1.29, 1.82) is 0 Å². The Morgan fingerprint density at radius 2 is 2.17 bits per heavy atom. The number of imidazole rings is 1. The van der Waals surface area contributed by atoms with Crippen LogP contribution in [0.15, 0.2) is 43.0 Å². The van der Waals surface area contributed by atoms with Crippen molar-refractivity contribution in [2.45, 2.75) is 31.4 Å². The number of anilines is 1. The van der Waals surface area contributed by atoms with E-state index in [9.17, 15) is 9.90 Å². The molecule has 3 heterocycles. The fourth-order valence-corrected chi connectivity index (χ4v) is 3.16. The van der Waals surface area contributed by atoms with Crippen molar-refractivity contribution in [2.24, 2.45) is 0 Å². The molecule has 152 valence electrons. The fraction of sp³-hybridized carbons (Fsp3) is 0.368. The van der Waals surface area contributed by atoms with E-state index >= 15 is 0 Å². The van der Waals surface area contributed by atoms with Gasteiger partial charge in [0, 0.05) is 8.48 Å². The van der Waals surface area contributed by atoms with Crippen molar-refractivity contribution < 1.29 is 25.5 Å². The molecule has 2 aromatic heterocycles. The molecule has 3 aromatic rings. The molecule has 0 aliphatic carbocycles. The van der Waals surface area contributed by atoms with Gasteiger partial charge < -0.3 is 24.6 Å². The number of amides is 1. The van der Waals surface area contributed by atoms with Crippen molar-refractivity contribution in [3.05, 3.63) is 43.0 Å². The molecule has 1 saturated heterocycles. The topological polar surface area (TPSA) is 121 Å². The minimum Gasteiger partial charge on any atom is -0.484 e. The van der Waals surface area contributed by atoms with Crippen molar-refractivity contribution >= 4 is 22.9 Å². The molecule has 0 bridgehead atoms. The van der Waals surface area contributed by atoms with E-state index in [-0.39, 0.29) is 19.3 Å². The summed E-state index contributed by atoms with van der Waals surface area (Å²) in [5, 5.41) is 13.0. The minimum atomic E-state index is -0.953. The number of aromatic nitrogens is 4. The van der Waals surface area contributed by atoms with E-state index in [1.54, 1.807) is 16.7 Å². The summed E-state index contributed by atoms with van der Waals surface area (Å²) in [7, 11) is 1.46. The van der Waals surface area contributed by atoms with E-state index in [0.29, 0.717) is 16.9 Å². The number of nitrogens with one attached hydrogen (secondary N) is 1. The average Bonchev–Trinajstić information content (AvgIpc) is 3.34. The minimum absolute atomic E-state index is 0.109. The molecule has 1 fully saturated rings. The number of nitrogens with zero attached hydrogens (tertiary/aromatic N) is 4. The molecular formula is C19H21N5O5. The van der Waals surface area contributed by atoms with E-state index in [1.165, 1.54) is 19.8 Å². The van der Waals surface area contributed by atoms with Crippen molar-refractivity contribution in [2.75, 3.05) is 19.0 Å². The largest absolute Gasteiger partial charge is 0.484 e. The number of aliphatic hydroxyl groups is 1. The van der Waals surface area contributed by atoms with Gasteiger partial charge in [-0.05, 0) is 19.0 Å². The number of carbonyl (C=O) groups is 1. The van der Waals surface area contributed by atoms with Crippen LogP contribution in [0.3, 0.4) is 0 Å². The summed E-state index contributed by atoms with van der Waals surface area (Å²) >= 11 is 0. The van der Waals surface area contributed by atoms with Gasteiger partial charge in [-0.3, -0.25) is 9.36 Å². The lowest BCUT2D eigenvalue weighted by atomic mass is 10.1. The molecule has 1 unspecified atom stereocenters. The van der Waals surface area contributed by atoms with Gasteiger partial charge in [0.2, 0.25) is 0 Å². The number of ether oxygens (including phenoxy) is 3. The van der Waals surface area contributed by atoms with Gasteiger partial charge in [-0.25, -0.2) is 15.0 Å². The summed E-state index contributed by atoms with van der Waals surface area (Å²) < 4.78 is 25.7. The van der Waals surface area contributed by atoms with E-state index in [1.807, 2.05) is 18.2 Å². The zero-order valence-electron chi connectivity index (χ0n) is 16.6. The first-order valence-electron chi connectivity index (χ1n) is 9.64. The van der Waals surface area contributed by atoms with Crippen LogP contribution in [0.4, 0.5) is 5.82 Å². The van der Waals surface area contributed by atoms with Crippen molar-refractivity contribution in [1.82, 2.24) is 19.5 Å². The van der Waals surface area contributed by atoms with Crippen LogP contribution in [-0.2, 0) is 14.3 Å². The molecule has 1 amide bonds. The Morgan fingerprint density at radius 1 is 1.34 bits per heavy atom. The molecule has 1 aliphatic heterocycles. The standard InChI is InChI=1S/C19H21N5O5/c1-11-15(26)16(27-2)19(29-11)24-10-22-14-17(20-9-21-18(14)24)23-13(25)8-28-12-6-4-3-5-7-12/h3-7,9-11,15-16,19,26H,8H2,1-2H3,(H,20,21,23,25)/t11-,15+,16?,19-/m1/s1/i1D. The summed E-state index contributed by atoms with van der Waals surface area (Å²) in [4.78, 5) is 24.9. The second-order valence-corrected chi connectivity index (χ2v) is 6.45. The number of benzene rings is 1. The molecule has 4 rings (SSSR count). The highest BCUT2D eigenvalue weighted by Crippen LogP contribution is 2.33. The first-order chi connectivity index (χ1) is 14.6. The number of carbonyl (C=O) groups excluding carboxylic acids is 1. The van der Waals surface area contributed by atoms with Gasteiger partial charge in [-0.15, -0.1) is 0 Å². The van der Waals surface area contributed by atoms with Crippen molar-refractivity contribution in [3.63, 3.8) is 0 Å². The monoisotopic (exact) mass is 400 g/mol. The fourth-order valence-electron chi connectivity index (χ4n) is 3.16. The Morgan fingerprint density at radius 3 is 2.93 bits per heavy atom. The average molecular weight is 400 g/mol. The number of hydrogen-bond acceptors (Lipinski definition) is 8. The zero-order chi connectivity index (χ0) is 21.1. The highest BCUT2D eigenvalue weighted by Gasteiger charge is 2.43. The maximum atomic E-state index is 12.3. The maximum Gasteiger partial charge on any atom is 0.263 e. The second-order valence-electron chi connectivity index (χ2n) is 6.45. The summed E-state index contributed by atoms with van der Waals surface area (Å²) in [6, 6.07) is 8.99. The van der Waals surface area contributed by atoms with Crippen molar-refractivity contribution in [3.8, 4) is 5.75 Å². The van der Waals surface area contributed by atoms with Gasteiger partial charge >= 0.3 is 0 Å². The lowest BCUT2D eigenvalue weighted by Gasteiger charge is -2.19. The van der Waals surface area contributed by atoms with Gasteiger partial charge in [-0.2, -0.15) is 0 Å². The molecular weight excluding hydrogens is 378 g/mol. The van der Waals surface area contributed by atoms with Gasteiger partial charge in [-0.1, -0.05) is 18.2 Å². The molecule has 29 heavy (non-hydrogen) atoms. The SMILES string of the molecule is [2H]C[C@H]1O[C@@H](n2cnc3c(NC(=O)COc4ccccc4)ncnc32)C(OC)[C@H]1O. The Bertz CT molecular complexity index is 1020. The van der Waals surface area contributed by atoms with Crippen LogP contribution in [0, 0.1) is 0 Å². The molecule has 10 heteroatoms. The van der Waals surface area contributed by atoms with Gasteiger partial charge in [0.1, 0.15) is 24.3 Å². The second kappa shape index (κ2) is 8.11.